The van der Waals surface area contributed by atoms with E-state index in [1.807, 2.05) is 0 Å². The second-order valence-electron chi connectivity index (χ2n) is 4.06. The number of phenolic OH excluding ortho intramolecular Hbond substituents is 2. The summed E-state index contributed by atoms with van der Waals surface area (Å²) in [5.74, 6) is 0.167. The molecule has 0 aliphatic rings. The van der Waals surface area contributed by atoms with Crippen molar-refractivity contribution in [1.29, 1.82) is 0 Å². The molecule has 0 saturated heterocycles. The molecule has 0 fully saturated rings. The maximum atomic E-state index is 10.1. The number of hydrogen-bond donors (Lipinski definition) is 2. The molecule has 0 amide bonds. The standard InChI is InChI=1S/C13H7Cl2N3O2/c14-12-16-11(17-13(15)18-12)10-8-5-7(19)3-1-6(8)2-4-9(10)20/h1-5,19-20H. The molecule has 5 nitrogen and oxygen atoms in total. The number of aromatic nitrogens is 3. The number of hydrogen-bond acceptors (Lipinski definition) is 5. The zero-order chi connectivity index (χ0) is 14.3. The third kappa shape index (κ3) is 2.21. The van der Waals surface area contributed by atoms with E-state index in [9.17, 15) is 10.2 Å². The van der Waals surface area contributed by atoms with Crippen LogP contribution < -0.4 is 0 Å². The highest BCUT2D eigenvalue weighted by atomic mass is 35.5. The zero-order valence-corrected chi connectivity index (χ0v) is 11.4. The van der Waals surface area contributed by atoms with E-state index < -0.39 is 0 Å². The van der Waals surface area contributed by atoms with Crippen LogP contribution >= 0.6 is 23.2 Å². The van der Waals surface area contributed by atoms with Crippen molar-refractivity contribution < 1.29 is 10.2 Å². The minimum Gasteiger partial charge on any atom is -0.508 e. The van der Waals surface area contributed by atoms with E-state index in [0.29, 0.717) is 10.9 Å². The van der Waals surface area contributed by atoms with E-state index in [4.69, 9.17) is 23.2 Å². The molecule has 0 unspecified atom stereocenters. The van der Waals surface area contributed by atoms with E-state index >= 15 is 0 Å². The first-order valence-electron chi connectivity index (χ1n) is 5.57. The summed E-state index contributed by atoms with van der Waals surface area (Å²) < 4.78 is 0. The van der Waals surface area contributed by atoms with Gasteiger partial charge in [-0.25, -0.2) is 0 Å². The summed E-state index contributed by atoms with van der Waals surface area (Å²) in [7, 11) is 0. The van der Waals surface area contributed by atoms with Crippen LogP contribution in [0.1, 0.15) is 0 Å². The summed E-state index contributed by atoms with van der Waals surface area (Å²) in [6.07, 6.45) is 0. The highest BCUT2D eigenvalue weighted by molar-refractivity contribution is 6.31. The molecule has 0 aliphatic carbocycles. The fourth-order valence-electron chi connectivity index (χ4n) is 1.97. The van der Waals surface area contributed by atoms with Crippen LogP contribution in [0, 0.1) is 0 Å². The minimum absolute atomic E-state index is 0.0403. The summed E-state index contributed by atoms with van der Waals surface area (Å²) in [6, 6.07) is 8.02. The Balaban J connectivity index is 2.39. The topological polar surface area (TPSA) is 79.1 Å². The van der Waals surface area contributed by atoms with Gasteiger partial charge < -0.3 is 10.2 Å². The van der Waals surface area contributed by atoms with Crippen LogP contribution in [0.25, 0.3) is 22.2 Å². The van der Waals surface area contributed by atoms with Gasteiger partial charge in [0, 0.05) is 5.39 Å². The Morgan fingerprint density at radius 3 is 2.20 bits per heavy atom. The number of benzene rings is 2. The normalized spacial score (nSPS) is 10.9. The lowest BCUT2D eigenvalue weighted by molar-refractivity contribution is 0.475. The lowest BCUT2D eigenvalue weighted by Gasteiger charge is -2.08. The molecule has 1 heterocycles. The highest BCUT2D eigenvalue weighted by Crippen LogP contribution is 2.36. The summed E-state index contributed by atoms with van der Waals surface area (Å²) >= 11 is 11.5. The lowest BCUT2D eigenvalue weighted by Crippen LogP contribution is -1.95. The summed E-state index contributed by atoms with van der Waals surface area (Å²) in [4.78, 5) is 11.6. The fourth-order valence-corrected chi connectivity index (χ4v) is 2.33. The third-order valence-corrected chi connectivity index (χ3v) is 3.13. The van der Waals surface area contributed by atoms with Crippen molar-refractivity contribution in [3.63, 3.8) is 0 Å². The molecule has 20 heavy (non-hydrogen) atoms. The van der Waals surface area contributed by atoms with Crippen molar-refractivity contribution >= 4 is 34.0 Å². The second kappa shape index (κ2) is 4.77. The molecule has 3 aromatic rings. The Kier molecular flexibility index (Phi) is 3.08. The quantitative estimate of drug-likeness (QED) is 0.720. The molecular weight excluding hydrogens is 301 g/mol. The third-order valence-electron chi connectivity index (χ3n) is 2.79. The zero-order valence-electron chi connectivity index (χ0n) is 9.88. The number of nitrogens with zero attached hydrogens (tertiary/aromatic N) is 3. The Bertz CT molecular complexity index is 799. The first kappa shape index (κ1) is 12.9. The first-order valence-corrected chi connectivity index (χ1v) is 6.32. The molecule has 2 N–H and O–H groups in total. The predicted molar refractivity (Wildman–Crippen MR) is 76.1 cm³/mol. The van der Waals surface area contributed by atoms with Gasteiger partial charge in [0.2, 0.25) is 10.6 Å². The van der Waals surface area contributed by atoms with Gasteiger partial charge in [-0.1, -0.05) is 12.1 Å². The molecule has 0 aliphatic heterocycles. The Morgan fingerprint density at radius 2 is 1.50 bits per heavy atom. The van der Waals surface area contributed by atoms with Gasteiger partial charge in [0.05, 0.1) is 5.56 Å². The molecule has 1 aromatic heterocycles. The maximum absolute atomic E-state index is 10.1. The molecule has 0 spiro atoms. The van der Waals surface area contributed by atoms with Gasteiger partial charge in [0.25, 0.3) is 0 Å². The average Bonchev–Trinajstić information content (AvgIpc) is 2.37. The SMILES string of the molecule is Oc1ccc2ccc(O)c(-c3nc(Cl)nc(Cl)n3)c2c1. The highest BCUT2D eigenvalue weighted by Gasteiger charge is 2.15. The Hall–Kier alpha value is -2.11. The lowest BCUT2D eigenvalue weighted by atomic mass is 10.0. The molecule has 7 heteroatoms. The van der Waals surface area contributed by atoms with Gasteiger partial charge in [0.1, 0.15) is 11.5 Å². The number of fused-ring (bicyclic) bond motifs is 1. The summed E-state index contributed by atoms with van der Waals surface area (Å²) in [5, 5.41) is 20.9. The van der Waals surface area contributed by atoms with Crippen molar-refractivity contribution in [2.75, 3.05) is 0 Å². The van der Waals surface area contributed by atoms with Gasteiger partial charge in [-0.15, -0.1) is 0 Å². The first-order chi connectivity index (χ1) is 9.54. The van der Waals surface area contributed by atoms with Gasteiger partial charge in [-0.3, -0.25) is 0 Å². The van der Waals surface area contributed by atoms with Crippen molar-refractivity contribution in [2.45, 2.75) is 0 Å². The molecule has 0 atom stereocenters. The van der Waals surface area contributed by atoms with E-state index in [1.165, 1.54) is 12.1 Å². The number of halogens is 2. The Morgan fingerprint density at radius 1 is 0.850 bits per heavy atom. The number of rotatable bonds is 1. The van der Waals surface area contributed by atoms with E-state index in [-0.39, 0.29) is 27.9 Å². The summed E-state index contributed by atoms with van der Waals surface area (Å²) in [5.41, 5.74) is 0.338. The van der Waals surface area contributed by atoms with Crippen LogP contribution in [0.5, 0.6) is 11.5 Å². The van der Waals surface area contributed by atoms with Crippen molar-refractivity contribution in [3.8, 4) is 22.9 Å². The van der Waals surface area contributed by atoms with Crippen molar-refractivity contribution in [3.05, 3.63) is 40.9 Å². The van der Waals surface area contributed by atoms with Crippen molar-refractivity contribution in [1.82, 2.24) is 15.0 Å². The average molecular weight is 308 g/mol. The van der Waals surface area contributed by atoms with Gasteiger partial charge in [-0.05, 0) is 46.8 Å². The molecule has 0 radical (unpaired) electrons. The molecule has 100 valence electrons. The van der Waals surface area contributed by atoms with E-state index in [0.717, 1.165) is 5.39 Å². The monoisotopic (exact) mass is 307 g/mol. The van der Waals surface area contributed by atoms with Crippen LogP contribution in [0.3, 0.4) is 0 Å². The van der Waals surface area contributed by atoms with Gasteiger partial charge in [-0.2, -0.15) is 15.0 Å². The van der Waals surface area contributed by atoms with Crippen LogP contribution in [-0.4, -0.2) is 25.2 Å². The molecular formula is C13H7Cl2N3O2. The maximum Gasteiger partial charge on any atom is 0.227 e. The van der Waals surface area contributed by atoms with Gasteiger partial charge in [0.15, 0.2) is 5.82 Å². The van der Waals surface area contributed by atoms with Crippen LogP contribution in [-0.2, 0) is 0 Å². The Labute approximate surface area is 123 Å². The predicted octanol–water partition coefficient (Wildman–Crippen LogP) is 3.41. The second-order valence-corrected chi connectivity index (χ2v) is 4.74. The molecule has 2 aromatic carbocycles. The van der Waals surface area contributed by atoms with Crippen LogP contribution in [0.15, 0.2) is 30.3 Å². The minimum atomic E-state index is -0.0726. The molecule has 0 saturated carbocycles. The number of aromatic hydroxyl groups is 2. The van der Waals surface area contributed by atoms with Crippen LogP contribution in [0.4, 0.5) is 0 Å². The fraction of sp³-hybridized carbons (Fsp3) is 0. The molecule has 3 rings (SSSR count). The van der Waals surface area contributed by atoms with E-state index in [1.54, 1.807) is 18.2 Å². The smallest absolute Gasteiger partial charge is 0.227 e. The van der Waals surface area contributed by atoms with E-state index in [2.05, 4.69) is 15.0 Å². The van der Waals surface area contributed by atoms with Crippen molar-refractivity contribution in [2.24, 2.45) is 0 Å². The largest absolute Gasteiger partial charge is 0.508 e. The van der Waals surface area contributed by atoms with Crippen LogP contribution in [0.2, 0.25) is 10.6 Å². The molecule has 0 bridgehead atoms. The summed E-state index contributed by atoms with van der Waals surface area (Å²) in [6.45, 7) is 0. The van der Waals surface area contributed by atoms with Gasteiger partial charge >= 0.3 is 0 Å². The number of phenols is 2.